The van der Waals surface area contributed by atoms with Crippen molar-refractivity contribution < 1.29 is 4.79 Å². The quantitative estimate of drug-likeness (QED) is 0.719. The molecule has 0 atom stereocenters. The van der Waals surface area contributed by atoms with Crippen LogP contribution in [-0.2, 0) is 4.79 Å². The van der Waals surface area contributed by atoms with Gasteiger partial charge in [-0.25, -0.2) is 0 Å². The van der Waals surface area contributed by atoms with Gasteiger partial charge in [-0.1, -0.05) is 13.8 Å². The number of amides is 1. The summed E-state index contributed by atoms with van der Waals surface area (Å²) in [4.78, 5) is 14.1. The smallest absolute Gasteiger partial charge is 0.234 e. The second kappa shape index (κ2) is 8.48. The highest BCUT2D eigenvalue weighted by atomic mass is 16.1. The third-order valence-electron chi connectivity index (χ3n) is 3.91. The van der Waals surface area contributed by atoms with Crippen LogP contribution in [-0.4, -0.2) is 50.1 Å². The monoisotopic (exact) mass is 255 g/mol. The Hall–Kier alpha value is -0.610. The van der Waals surface area contributed by atoms with E-state index in [-0.39, 0.29) is 5.91 Å². The van der Waals surface area contributed by atoms with Crippen molar-refractivity contribution in [1.29, 1.82) is 0 Å². The molecule has 1 heterocycles. The molecule has 1 aliphatic rings. The molecule has 2 N–H and O–H groups in total. The molecule has 1 fully saturated rings. The fraction of sp³-hybridized carbons (Fsp3) is 0.929. The standard InChI is InChI=1S/C14H29N3O/c1-4-13(5-2)16-14(18)11-15-10-12-6-8-17(3)9-7-12/h12-13,15H,4-11H2,1-3H3,(H,16,18). The zero-order chi connectivity index (χ0) is 13.4. The molecule has 0 aromatic carbocycles. The first-order chi connectivity index (χ1) is 8.65. The maximum absolute atomic E-state index is 11.7. The van der Waals surface area contributed by atoms with Gasteiger partial charge in [-0.15, -0.1) is 0 Å². The first-order valence-corrected chi connectivity index (χ1v) is 7.34. The van der Waals surface area contributed by atoms with E-state index in [0.29, 0.717) is 12.6 Å². The summed E-state index contributed by atoms with van der Waals surface area (Å²) in [7, 11) is 2.17. The summed E-state index contributed by atoms with van der Waals surface area (Å²) >= 11 is 0. The van der Waals surface area contributed by atoms with Gasteiger partial charge in [-0.2, -0.15) is 0 Å². The first kappa shape index (κ1) is 15.4. The van der Waals surface area contributed by atoms with Crippen molar-refractivity contribution >= 4 is 5.91 Å². The number of rotatable bonds is 7. The Morgan fingerprint density at radius 2 is 1.89 bits per heavy atom. The fourth-order valence-electron chi connectivity index (χ4n) is 2.43. The lowest BCUT2D eigenvalue weighted by atomic mass is 9.97. The summed E-state index contributed by atoms with van der Waals surface area (Å²) in [6, 6.07) is 0.336. The molecule has 0 unspecified atom stereocenters. The SMILES string of the molecule is CCC(CC)NC(=O)CNCC1CCN(C)CC1. The topological polar surface area (TPSA) is 44.4 Å². The molecule has 1 aliphatic heterocycles. The number of carbonyl (C=O) groups excluding carboxylic acids is 1. The normalized spacial score (nSPS) is 18.2. The molecule has 0 bridgehead atoms. The molecule has 4 nitrogen and oxygen atoms in total. The molecule has 18 heavy (non-hydrogen) atoms. The van der Waals surface area contributed by atoms with Crippen molar-refractivity contribution in [3.05, 3.63) is 0 Å². The lowest BCUT2D eigenvalue weighted by molar-refractivity contribution is -0.121. The molecule has 1 rings (SSSR count). The molecule has 106 valence electrons. The molecule has 0 aromatic rings. The van der Waals surface area contributed by atoms with E-state index in [9.17, 15) is 4.79 Å². The molecule has 1 saturated heterocycles. The number of piperidine rings is 1. The van der Waals surface area contributed by atoms with Gasteiger partial charge < -0.3 is 15.5 Å². The first-order valence-electron chi connectivity index (χ1n) is 7.34. The number of likely N-dealkylation sites (tertiary alicyclic amines) is 1. The summed E-state index contributed by atoms with van der Waals surface area (Å²) in [5, 5.41) is 6.34. The van der Waals surface area contributed by atoms with E-state index in [2.05, 4.69) is 36.4 Å². The maximum Gasteiger partial charge on any atom is 0.234 e. The van der Waals surface area contributed by atoms with Crippen LogP contribution in [0, 0.1) is 5.92 Å². The molecule has 1 amide bonds. The average Bonchev–Trinajstić information content (AvgIpc) is 2.38. The van der Waals surface area contributed by atoms with Crippen molar-refractivity contribution in [2.45, 2.75) is 45.6 Å². The predicted molar refractivity (Wildman–Crippen MR) is 75.6 cm³/mol. The van der Waals surface area contributed by atoms with E-state index in [0.717, 1.165) is 25.3 Å². The molecule has 0 aliphatic carbocycles. The van der Waals surface area contributed by atoms with Crippen molar-refractivity contribution in [1.82, 2.24) is 15.5 Å². The van der Waals surface area contributed by atoms with Crippen molar-refractivity contribution in [3.8, 4) is 0 Å². The Kier molecular flexibility index (Phi) is 7.28. The number of nitrogens with one attached hydrogen (secondary N) is 2. The van der Waals surface area contributed by atoms with Gasteiger partial charge in [0.15, 0.2) is 0 Å². The van der Waals surface area contributed by atoms with Crippen LogP contribution in [0.2, 0.25) is 0 Å². The predicted octanol–water partition coefficient (Wildman–Crippen LogP) is 1.22. The van der Waals surface area contributed by atoms with E-state index < -0.39 is 0 Å². The van der Waals surface area contributed by atoms with Gasteiger partial charge in [-0.3, -0.25) is 4.79 Å². The number of carbonyl (C=O) groups is 1. The Balaban J connectivity index is 2.08. The van der Waals surface area contributed by atoms with Crippen LogP contribution in [0.15, 0.2) is 0 Å². The lowest BCUT2D eigenvalue weighted by Gasteiger charge is -2.29. The van der Waals surface area contributed by atoms with Crippen LogP contribution in [0.4, 0.5) is 0 Å². The minimum absolute atomic E-state index is 0.136. The number of hydrogen-bond acceptors (Lipinski definition) is 3. The molecular formula is C14H29N3O. The Morgan fingerprint density at radius 1 is 1.28 bits per heavy atom. The summed E-state index contributed by atoms with van der Waals surface area (Å²) in [6.45, 7) is 8.03. The highest BCUT2D eigenvalue weighted by Crippen LogP contribution is 2.14. The minimum atomic E-state index is 0.136. The van der Waals surface area contributed by atoms with Crippen molar-refractivity contribution in [3.63, 3.8) is 0 Å². The highest BCUT2D eigenvalue weighted by molar-refractivity contribution is 5.78. The molecule has 0 saturated carbocycles. The van der Waals surface area contributed by atoms with E-state index in [1.54, 1.807) is 0 Å². The molecule has 0 spiro atoms. The van der Waals surface area contributed by atoms with E-state index in [4.69, 9.17) is 0 Å². The van der Waals surface area contributed by atoms with Gasteiger partial charge in [0.1, 0.15) is 0 Å². The van der Waals surface area contributed by atoms with Crippen molar-refractivity contribution in [2.75, 3.05) is 33.2 Å². The van der Waals surface area contributed by atoms with Gasteiger partial charge in [0.2, 0.25) is 5.91 Å². The van der Waals surface area contributed by atoms with Crippen LogP contribution in [0.25, 0.3) is 0 Å². The lowest BCUT2D eigenvalue weighted by Crippen LogP contribution is -2.42. The van der Waals surface area contributed by atoms with E-state index in [1.165, 1.54) is 25.9 Å². The minimum Gasteiger partial charge on any atom is -0.352 e. The number of hydrogen-bond donors (Lipinski definition) is 2. The van der Waals surface area contributed by atoms with Crippen molar-refractivity contribution in [2.24, 2.45) is 5.92 Å². The Morgan fingerprint density at radius 3 is 2.44 bits per heavy atom. The second-order valence-electron chi connectivity index (χ2n) is 5.46. The van der Waals surface area contributed by atoms with Gasteiger partial charge in [0, 0.05) is 6.04 Å². The van der Waals surface area contributed by atoms with Gasteiger partial charge in [-0.05, 0) is 58.3 Å². The van der Waals surface area contributed by atoms with E-state index in [1.807, 2.05) is 0 Å². The van der Waals surface area contributed by atoms with Gasteiger partial charge in [0.05, 0.1) is 6.54 Å². The Labute approximate surface area is 111 Å². The van der Waals surface area contributed by atoms with Crippen LogP contribution in [0.1, 0.15) is 39.5 Å². The second-order valence-corrected chi connectivity index (χ2v) is 5.46. The molecule has 4 heteroatoms. The summed E-state index contributed by atoms with van der Waals surface area (Å²) < 4.78 is 0. The third kappa shape index (κ3) is 5.83. The maximum atomic E-state index is 11.7. The summed E-state index contributed by atoms with van der Waals surface area (Å²) in [6.07, 6.45) is 4.52. The molecule has 0 aromatic heterocycles. The average molecular weight is 255 g/mol. The van der Waals surface area contributed by atoms with Crippen LogP contribution in [0.5, 0.6) is 0 Å². The van der Waals surface area contributed by atoms with Gasteiger partial charge in [0.25, 0.3) is 0 Å². The summed E-state index contributed by atoms with van der Waals surface area (Å²) in [5.41, 5.74) is 0. The molecular weight excluding hydrogens is 226 g/mol. The van der Waals surface area contributed by atoms with Gasteiger partial charge >= 0.3 is 0 Å². The Bertz CT molecular complexity index is 233. The van der Waals surface area contributed by atoms with Crippen LogP contribution < -0.4 is 10.6 Å². The zero-order valence-electron chi connectivity index (χ0n) is 12.2. The highest BCUT2D eigenvalue weighted by Gasteiger charge is 2.16. The van der Waals surface area contributed by atoms with E-state index >= 15 is 0 Å². The zero-order valence-corrected chi connectivity index (χ0v) is 12.2. The van der Waals surface area contributed by atoms with Crippen LogP contribution >= 0.6 is 0 Å². The fourth-order valence-corrected chi connectivity index (χ4v) is 2.43. The van der Waals surface area contributed by atoms with Crippen LogP contribution in [0.3, 0.4) is 0 Å². The third-order valence-corrected chi connectivity index (χ3v) is 3.91. The largest absolute Gasteiger partial charge is 0.352 e. The number of nitrogens with zero attached hydrogens (tertiary/aromatic N) is 1. The summed E-state index contributed by atoms with van der Waals surface area (Å²) in [5.74, 6) is 0.874. The molecule has 0 radical (unpaired) electrons.